The van der Waals surface area contributed by atoms with Crippen molar-refractivity contribution in [2.24, 2.45) is 16.6 Å². The monoisotopic (exact) mass is 377 g/mol. The number of benzene rings is 1. The van der Waals surface area contributed by atoms with Gasteiger partial charge in [0.15, 0.2) is 5.96 Å². The molecule has 0 bridgehead atoms. The lowest BCUT2D eigenvalue weighted by Crippen LogP contribution is -2.43. The number of halogens is 1. The number of rotatable bonds is 8. The summed E-state index contributed by atoms with van der Waals surface area (Å²) >= 11 is 0. The van der Waals surface area contributed by atoms with E-state index in [2.05, 4.69) is 20.5 Å². The first-order valence-corrected chi connectivity index (χ1v) is 9.71. The molecule has 0 spiro atoms. The molecule has 1 amide bonds. The van der Waals surface area contributed by atoms with Gasteiger partial charge in [-0.2, -0.15) is 0 Å². The lowest BCUT2D eigenvalue weighted by atomic mass is 9.97. The molecule has 1 heterocycles. The fraction of sp³-hybridized carbons (Fsp3) is 0.600. The van der Waals surface area contributed by atoms with Gasteiger partial charge in [0.05, 0.1) is 5.92 Å². The highest BCUT2D eigenvalue weighted by Gasteiger charge is 2.23. The fourth-order valence-electron chi connectivity index (χ4n) is 3.48. The molecule has 1 saturated heterocycles. The number of aryl methyl sites for hydroxylation is 1. The van der Waals surface area contributed by atoms with Crippen molar-refractivity contribution in [3.8, 4) is 0 Å². The molecule has 1 aliphatic heterocycles. The molecule has 6 nitrogen and oxygen atoms in total. The van der Waals surface area contributed by atoms with Gasteiger partial charge in [0.2, 0.25) is 5.91 Å². The first kappa shape index (κ1) is 21.2. The minimum absolute atomic E-state index is 0.00365. The molecule has 2 rings (SSSR count). The summed E-state index contributed by atoms with van der Waals surface area (Å²) in [6, 6.07) is 4.89. The summed E-state index contributed by atoms with van der Waals surface area (Å²) in [5.41, 5.74) is 7.53. The number of piperidine rings is 1. The predicted molar refractivity (Wildman–Crippen MR) is 107 cm³/mol. The highest BCUT2D eigenvalue weighted by Crippen LogP contribution is 2.15. The van der Waals surface area contributed by atoms with Gasteiger partial charge in [0.1, 0.15) is 5.82 Å². The third-order valence-corrected chi connectivity index (χ3v) is 5.07. The second-order valence-electron chi connectivity index (χ2n) is 7.14. The van der Waals surface area contributed by atoms with E-state index >= 15 is 0 Å². The van der Waals surface area contributed by atoms with Crippen molar-refractivity contribution >= 4 is 11.9 Å². The number of guanidine groups is 1. The molecule has 27 heavy (non-hydrogen) atoms. The number of aliphatic imine (C=N–C) groups is 1. The maximum atomic E-state index is 13.1. The number of nitrogens with zero attached hydrogens (tertiary/aromatic N) is 2. The Morgan fingerprint density at radius 2 is 2.15 bits per heavy atom. The van der Waals surface area contributed by atoms with Crippen LogP contribution in [0.25, 0.3) is 0 Å². The maximum absolute atomic E-state index is 13.1. The molecule has 4 N–H and O–H groups in total. The van der Waals surface area contributed by atoms with Crippen molar-refractivity contribution in [1.29, 1.82) is 0 Å². The van der Waals surface area contributed by atoms with Gasteiger partial charge in [-0.05, 0) is 69.0 Å². The molecule has 1 atom stereocenters. The second kappa shape index (κ2) is 10.9. The summed E-state index contributed by atoms with van der Waals surface area (Å²) in [5.74, 6) is 0.385. The second-order valence-corrected chi connectivity index (χ2v) is 7.14. The lowest BCUT2D eigenvalue weighted by molar-refractivity contribution is -0.123. The zero-order valence-corrected chi connectivity index (χ0v) is 16.4. The van der Waals surface area contributed by atoms with Gasteiger partial charge in [-0.25, -0.2) is 4.39 Å². The smallest absolute Gasteiger partial charge is 0.221 e. The van der Waals surface area contributed by atoms with Crippen molar-refractivity contribution in [2.45, 2.75) is 32.6 Å². The molecule has 1 fully saturated rings. The van der Waals surface area contributed by atoms with Crippen molar-refractivity contribution in [3.05, 3.63) is 35.1 Å². The lowest BCUT2D eigenvalue weighted by Gasteiger charge is -2.31. The van der Waals surface area contributed by atoms with Crippen LogP contribution in [0.5, 0.6) is 0 Å². The Balaban J connectivity index is 1.63. The van der Waals surface area contributed by atoms with Gasteiger partial charge in [-0.3, -0.25) is 9.79 Å². The molecular formula is C20H32FN5O. The molecule has 1 aromatic carbocycles. The third kappa shape index (κ3) is 7.17. The number of hydrogen-bond acceptors (Lipinski definition) is 3. The number of carbonyl (C=O) groups excluding carboxylic acids is 1. The van der Waals surface area contributed by atoms with Crippen LogP contribution in [0.4, 0.5) is 4.39 Å². The summed E-state index contributed by atoms with van der Waals surface area (Å²) in [7, 11) is 1.75. The number of carbonyl (C=O) groups is 1. The Morgan fingerprint density at radius 1 is 1.37 bits per heavy atom. The Kier molecular flexibility index (Phi) is 8.51. The standard InChI is InChI=1S/C20H32FN5O/c1-15-13-18(21)7-6-16(15)8-10-25-20(23-2)24-9-4-12-26-11-3-5-17(14-26)19(22)27/h6-7,13,17H,3-5,8-12,14H2,1-2H3,(H2,22,27)(H2,23,24,25). The van der Waals surface area contributed by atoms with Crippen LogP contribution in [0.2, 0.25) is 0 Å². The SMILES string of the molecule is CN=C(NCCCN1CCCC(C(N)=O)C1)NCCc1ccc(F)cc1C. The van der Waals surface area contributed by atoms with Crippen LogP contribution in [0, 0.1) is 18.7 Å². The largest absolute Gasteiger partial charge is 0.369 e. The van der Waals surface area contributed by atoms with Crippen LogP contribution in [-0.4, -0.2) is 56.5 Å². The first-order chi connectivity index (χ1) is 13.0. The molecule has 0 radical (unpaired) electrons. The van der Waals surface area contributed by atoms with Crippen LogP contribution in [0.15, 0.2) is 23.2 Å². The van der Waals surface area contributed by atoms with Gasteiger partial charge in [-0.1, -0.05) is 6.07 Å². The molecule has 7 heteroatoms. The number of amides is 1. The predicted octanol–water partition coefficient (Wildman–Crippen LogP) is 1.43. The summed E-state index contributed by atoms with van der Waals surface area (Å²) in [4.78, 5) is 17.9. The van der Waals surface area contributed by atoms with E-state index in [1.807, 2.05) is 13.0 Å². The Hall–Kier alpha value is -2.15. The van der Waals surface area contributed by atoms with Gasteiger partial charge >= 0.3 is 0 Å². The van der Waals surface area contributed by atoms with E-state index in [0.717, 1.165) is 75.5 Å². The zero-order chi connectivity index (χ0) is 19.6. The molecule has 0 aliphatic carbocycles. The molecule has 0 aromatic heterocycles. The number of likely N-dealkylation sites (tertiary alicyclic amines) is 1. The fourth-order valence-corrected chi connectivity index (χ4v) is 3.48. The number of nitrogens with two attached hydrogens (primary N) is 1. The zero-order valence-electron chi connectivity index (χ0n) is 16.4. The van der Waals surface area contributed by atoms with E-state index in [9.17, 15) is 9.18 Å². The van der Waals surface area contributed by atoms with E-state index in [-0.39, 0.29) is 17.6 Å². The number of hydrogen-bond donors (Lipinski definition) is 3. The van der Waals surface area contributed by atoms with Gasteiger partial charge in [-0.15, -0.1) is 0 Å². The molecule has 1 aliphatic rings. The van der Waals surface area contributed by atoms with E-state index in [4.69, 9.17) is 5.73 Å². The van der Waals surface area contributed by atoms with Gasteiger partial charge in [0, 0.05) is 26.7 Å². The molecular weight excluding hydrogens is 345 g/mol. The topological polar surface area (TPSA) is 82.8 Å². The minimum Gasteiger partial charge on any atom is -0.369 e. The molecule has 0 saturated carbocycles. The van der Waals surface area contributed by atoms with Crippen LogP contribution in [0.3, 0.4) is 0 Å². The molecule has 1 aromatic rings. The molecule has 150 valence electrons. The van der Waals surface area contributed by atoms with E-state index in [1.165, 1.54) is 6.07 Å². The van der Waals surface area contributed by atoms with Crippen LogP contribution in [-0.2, 0) is 11.2 Å². The maximum Gasteiger partial charge on any atom is 0.221 e. The summed E-state index contributed by atoms with van der Waals surface area (Å²) in [6.45, 7) is 6.23. The van der Waals surface area contributed by atoms with Crippen LogP contribution >= 0.6 is 0 Å². The van der Waals surface area contributed by atoms with Gasteiger partial charge < -0.3 is 21.3 Å². The van der Waals surface area contributed by atoms with Crippen molar-refractivity contribution < 1.29 is 9.18 Å². The highest BCUT2D eigenvalue weighted by molar-refractivity contribution is 5.79. The van der Waals surface area contributed by atoms with E-state index in [0.29, 0.717) is 0 Å². The summed E-state index contributed by atoms with van der Waals surface area (Å²) < 4.78 is 13.1. The number of primary amides is 1. The van der Waals surface area contributed by atoms with Crippen molar-refractivity contribution in [1.82, 2.24) is 15.5 Å². The van der Waals surface area contributed by atoms with Crippen LogP contribution in [0.1, 0.15) is 30.4 Å². The Bertz CT molecular complexity index is 649. The average molecular weight is 378 g/mol. The van der Waals surface area contributed by atoms with Crippen molar-refractivity contribution in [2.75, 3.05) is 39.8 Å². The quantitative estimate of drug-likeness (QED) is 0.364. The summed E-state index contributed by atoms with van der Waals surface area (Å²) in [5, 5.41) is 6.60. The number of nitrogens with one attached hydrogen (secondary N) is 2. The van der Waals surface area contributed by atoms with Gasteiger partial charge in [0.25, 0.3) is 0 Å². The van der Waals surface area contributed by atoms with E-state index in [1.54, 1.807) is 13.1 Å². The molecule has 1 unspecified atom stereocenters. The Labute approximate surface area is 161 Å². The van der Waals surface area contributed by atoms with E-state index < -0.39 is 0 Å². The van der Waals surface area contributed by atoms with Crippen molar-refractivity contribution in [3.63, 3.8) is 0 Å². The first-order valence-electron chi connectivity index (χ1n) is 9.71. The average Bonchev–Trinajstić information content (AvgIpc) is 2.65. The van der Waals surface area contributed by atoms with Crippen LogP contribution < -0.4 is 16.4 Å². The third-order valence-electron chi connectivity index (χ3n) is 5.07. The Morgan fingerprint density at radius 3 is 2.85 bits per heavy atom. The minimum atomic E-state index is -0.197. The summed E-state index contributed by atoms with van der Waals surface area (Å²) in [6.07, 6.45) is 3.74. The normalized spacial score (nSPS) is 18.3. The highest BCUT2D eigenvalue weighted by atomic mass is 19.1.